The van der Waals surface area contributed by atoms with Crippen molar-refractivity contribution in [1.29, 1.82) is 0 Å². The summed E-state index contributed by atoms with van der Waals surface area (Å²) in [6.07, 6.45) is 9.10. The molecule has 6 rings (SSSR count). The van der Waals surface area contributed by atoms with Gasteiger partial charge in [-0.05, 0) is 41.7 Å². The normalized spacial score (nSPS) is 18.1. The first kappa shape index (κ1) is 22.5. The van der Waals surface area contributed by atoms with Crippen LogP contribution in [0, 0.1) is 0 Å². The fraction of sp³-hybridized carbons (Fsp3) is 0.321. The minimum Gasteiger partial charge on any atom is -0.370 e. The second-order valence-electron chi connectivity index (χ2n) is 9.31. The Morgan fingerprint density at radius 1 is 0.861 bits per heavy atom. The van der Waals surface area contributed by atoms with E-state index in [4.69, 9.17) is 9.72 Å². The van der Waals surface area contributed by atoms with Crippen molar-refractivity contribution < 1.29 is 9.53 Å². The first-order valence-corrected chi connectivity index (χ1v) is 12.5. The molecule has 4 aromatic rings. The number of Topliss-reactive ketones (excluding diaryl/α,β-unsaturated/α-hetero) is 1. The van der Waals surface area contributed by atoms with Crippen molar-refractivity contribution in [3.63, 3.8) is 0 Å². The summed E-state index contributed by atoms with van der Waals surface area (Å²) in [6.45, 7) is 4.12. The van der Waals surface area contributed by atoms with Crippen molar-refractivity contribution in [3.05, 3.63) is 72.8 Å². The zero-order chi connectivity index (χ0) is 24.3. The average Bonchev–Trinajstić information content (AvgIpc) is 3.49. The number of hydrogen-bond acceptors (Lipinski definition) is 8. The smallest absolute Gasteiger partial charge is 0.165 e. The number of fused-ring (bicyclic) bond motifs is 1. The molecule has 1 unspecified atom stereocenters. The number of ketones is 1. The van der Waals surface area contributed by atoms with Crippen LogP contribution in [0.4, 0.5) is 11.6 Å². The Morgan fingerprint density at radius 2 is 1.64 bits per heavy atom. The minimum absolute atomic E-state index is 0.172. The Bertz CT molecular complexity index is 1350. The molecule has 0 N–H and O–H groups in total. The molecule has 2 aromatic heterocycles. The Balaban J connectivity index is 1.15. The van der Waals surface area contributed by atoms with Crippen LogP contribution in [0.1, 0.15) is 18.4 Å². The van der Waals surface area contributed by atoms with E-state index < -0.39 is 0 Å². The van der Waals surface area contributed by atoms with Crippen LogP contribution in [-0.4, -0.2) is 64.6 Å². The lowest BCUT2D eigenvalue weighted by Crippen LogP contribution is -2.47. The van der Waals surface area contributed by atoms with Gasteiger partial charge in [-0.2, -0.15) is 0 Å². The number of aromatic nitrogens is 4. The van der Waals surface area contributed by atoms with E-state index in [-0.39, 0.29) is 11.9 Å². The fourth-order valence-corrected chi connectivity index (χ4v) is 4.91. The van der Waals surface area contributed by atoms with Crippen molar-refractivity contribution in [2.24, 2.45) is 0 Å². The number of hydrogen-bond donors (Lipinski definition) is 0. The zero-order valence-corrected chi connectivity index (χ0v) is 20.1. The number of ether oxygens (including phenoxy) is 1. The molecule has 8 nitrogen and oxygen atoms in total. The Hall–Kier alpha value is -3.91. The van der Waals surface area contributed by atoms with Crippen LogP contribution >= 0.6 is 0 Å². The van der Waals surface area contributed by atoms with Gasteiger partial charge in [-0.1, -0.05) is 30.3 Å². The average molecular weight is 481 g/mol. The summed E-state index contributed by atoms with van der Waals surface area (Å²) < 4.78 is 5.53. The summed E-state index contributed by atoms with van der Waals surface area (Å²) >= 11 is 0. The van der Waals surface area contributed by atoms with Gasteiger partial charge in [0.1, 0.15) is 17.7 Å². The van der Waals surface area contributed by atoms with Gasteiger partial charge in [-0.3, -0.25) is 14.8 Å². The Morgan fingerprint density at radius 3 is 2.36 bits per heavy atom. The van der Waals surface area contributed by atoms with Crippen LogP contribution in [0.2, 0.25) is 0 Å². The van der Waals surface area contributed by atoms with Crippen molar-refractivity contribution in [2.45, 2.75) is 25.4 Å². The van der Waals surface area contributed by atoms with Gasteiger partial charge in [0.2, 0.25) is 0 Å². The summed E-state index contributed by atoms with van der Waals surface area (Å²) in [6, 6.07) is 14.4. The summed E-state index contributed by atoms with van der Waals surface area (Å²) in [7, 11) is 0. The van der Waals surface area contributed by atoms with E-state index in [0.29, 0.717) is 13.0 Å². The van der Waals surface area contributed by atoms with Gasteiger partial charge >= 0.3 is 0 Å². The second kappa shape index (κ2) is 9.99. The van der Waals surface area contributed by atoms with Crippen LogP contribution in [0.15, 0.2) is 67.3 Å². The number of carbonyl (C=O) groups is 1. The number of rotatable bonds is 6. The molecule has 0 saturated carbocycles. The molecule has 36 heavy (non-hydrogen) atoms. The van der Waals surface area contributed by atoms with E-state index in [1.807, 2.05) is 30.6 Å². The molecular weight excluding hydrogens is 452 g/mol. The molecule has 0 aliphatic carbocycles. The molecule has 182 valence electrons. The van der Waals surface area contributed by atoms with Gasteiger partial charge in [-0.25, -0.2) is 9.97 Å². The van der Waals surface area contributed by atoms with Gasteiger partial charge in [0.25, 0.3) is 0 Å². The maximum atomic E-state index is 12.4. The highest BCUT2D eigenvalue weighted by Gasteiger charge is 2.23. The maximum Gasteiger partial charge on any atom is 0.165 e. The third kappa shape index (κ3) is 4.77. The molecule has 2 aliphatic heterocycles. The van der Waals surface area contributed by atoms with Crippen molar-refractivity contribution in [3.8, 4) is 11.1 Å². The van der Waals surface area contributed by atoms with E-state index in [1.54, 1.807) is 12.4 Å². The van der Waals surface area contributed by atoms with Gasteiger partial charge in [-0.15, -0.1) is 0 Å². The molecule has 2 saturated heterocycles. The van der Waals surface area contributed by atoms with Crippen LogP contribution in [0.3, 0.4) is 0 Å². The van der Waals surface area contributed by atoms with Crippen molar-refractivity contribution in [2.75, 3.05) is 42.6 Å². The molecule has 0 radical (unpaired) electrons. The molecule has 2 aromatic carbocycles. The lowest BCUT2D eigenvalue weighted by atomic mass is 9.99. The van der Waals surface area contributed by atoms with E-state index in [2.05, 4.69) is 49.0 Å². The molecule has 0 bridgehead atoms. The van der Waals surface area contributed by atoms with Crippen LogP contribution in [-0.2, 0) is 16.0 Å². The molecule has 2 aliphatic rings. The summed E-state index contributed by atoms with van der Waals surface area (Å²) in [5.41, 5.74) is 4.94. The van der Waals surface area contributed by atoms with E-state index >= 15 is 0 Å². The van der Waals surface area contributed by atoms with Gasteiger partial charge < -0.3 is 14.5 Å². The predicted octanol–water partition coefficient (Wildman–Crippen LogP) is 3.70. The van der Waals surface area contributed by atoms with Crippen molar-refractivity contribution >= 4 is 28.5 Å². The van der Waals surface area contributed by atoms with Gasteiger partial charge in [0, 0.05) is 51.6 Å². The fourth-order valence-electron chi connectivity index (χ4n) is 4.91. The molecule has 2 fully saturated rings. The van der Waals surface area contributed by atoms with Crippen LogP contribution in [0.25, 0.3) is 22.2 Å². The van der Waals surface area contributed by atoms with E-state index in [1.165, 1.54) is 0 Å². The molecule has 8 heteroatoms. The van der Waals surface area contributed by atoms with Gasteiger partial charge in [0.15, 0.2) is 5.78 Å². The molecule has 0 spiro atoms. The highest BCUT2D eigenvalue weighted by Crippen LogP contribution is 2.26. The zero-order valence-electron chi connectivity index (χ0n) is 20.1. The topological polar surface area (TPSA) is 84.3 Å². The second-order valence-corrected chi connectivity index (χ2v) is 9.31. The highest BCUT2D eigenvalue weighted by atomic mass is 16.5. The minimum atomic E-state index is -0.229. The number of piperazine rings is 1. The lowest BCUT2D eigenvalue weighted by molar-refractivity contribution is -0.127. The highest BCUT2D eigenvalue weighted by molar-refractivity contribution is 5.86. The summed E-state index contributed by atoms with van der Waals surface area (Å²) in [5.74, 6) is 1.97. The predicted molar refractivity (Wildman–Crippen MR) is 139 cm³/mol. The van der Waals surface area contributed by atoms with Crippen LogP contribution in [0.5, 0.6) is 0 Å². The molecular formula is C28H28N6O2. The quantitative estimate of drug-likeness (QED) is 0.413. The van der Waals surface area contributed by atoms with Gasteiger partial charge in [0.05, 0.1) is 23.4 Å². The SMILES string of the molecule is O=C(Cc1ccc(-c2ccc3ncc(N4CCN(c5cnccn5)CC4)nc3c2)cc1)C1CCCO1. The van der Waals surface area contributed by atoms with Crippen molar-refractivity contribution in [1.82, 2.24) is 19.9 Å². The lowest BCUT2D eigenvalue weighted by Gasteiger charge is -2.35. The number of carbonyl (C=O) groups excluding carboxylic acids is 1. The molecule has 4 heterocycles. The van der Waals surface area contributed by atoms with E-state index in [9.17, 15) is 4.79 Å². The molecule has 0 amide bonds. The molecule has 1 atom stereocenters. The third-order valence-corrected chi connectivity index (χ3v) is 6.96. The number of nitrogens with zero attached hydrogens (tertiary/aromatic N) is 6. The monoisotopic (exact) mass is 480 g/mol. The number of benzene rings is 2. The maximum absolute atomic E-state index is 12.4. The number of anilines is 2. The largest absolute Gasteiger partial charge is 0.370 e. The third-order valence-electron chi connectivity index (χ3n) is 6.96. The Labute approximate surface area is 210 Å². The van der Waals surface area contributed by atoms with Crippen LogP contribution < -0.4 is 9.80 Å². The van der Waals surface area contributed by atoms with E-state index in [0.717, 1.165) is 78.4 Å². The summed E-state index contributed by atoms with van der Waals surface area (Å²) in [4.78, 5) is 35.1. The summed E-state index contributed by atoms with van der Waals surface area (Å²) in [5, 5.41) is 0. The Kier molecular flexibility index (Phi) is 6.26. The first-order valence-electron chi connectivity index (χ1n) is 12.5. The first-order chi connectivity index (χ1) is 17.7. The standard InChI is InChI=1S/C28H28N6O2/c35-25(26-2-1-15-36-26)16-20-3-5-21(6-4-20)22-7-8-23-24(17-22)32-28(19-31-23)34-13-11-33(12-14-34)27-18-29-9-10-30-27/h3-10,17-19,26H,1-2,11-16H2.